The fraction of sp³-hybridized carbons (Fsp3) is 0.643. The lowest BCUT2D eigenvalue weighted by Crippen LogP contribution is -2.26. The molecule has 1 N–H and O–H groups in total. The van der Waals surface area contributed by atoms with E-state index in [2.05, 4.69) is 25.0 Å². The maximum Gasteiger partial charge on any atom is 0.264 e. The summed E-state index contributed by atoms with van der Waals surface area (Å²) in [4.78, 5) is 17.0. The van der Waals surface area contributed by atoms with Crippen LogP contribution in [0.2, 0.25) is 0 Å². The lowest BCUT2D eigenvalue weighted by atomic mass is 10.2. The number of hydrogen-bond acceptors (Lipinski definition) is 8. The summed E-state index contributed by atoms with van der Waals surface area (Å²) in [7, 11) is 0. The molecule has 8 nitrogen and oxygen atoms in total. The molecule has 124 valence electrons. The molecule has 0 aliphatic carbocycles. The molecule has 1 atom stereocenters. The zero-order chi connectivity index (χ0) is 16.1. The molecule has 3 heterocycles. The number of carbonyl (C=O) groups excluding carboxylic acids is 1. The van der Waals surface area contributed by atoms with E-state index in [4.69, 9.17) is 9.26 Å². The Kier molecular flexibility index (Phi) is 5.29. The average Bonchev–Trinajstić information content (AvgIpc) is 3.28. The number of carbonyl (C=O) groups is 1. The molecule has 1 amide bonds. The molecule has 1 aliphatic rings. The highest BCUT2D eigenvalue weighted by atomic mass is 32.1. The van der Waals surface area contributed by atoms with Crippen molar-refractivity contribution in [2.24, 2.45) is 0 Å². The van der Waals surface area contributed by atoms with Crippen LogP contribution in [0.25, 0.3) is 0 Å². The van der Waals surface area contributed by atoms with Crippen molar-refractivity contribution in [3.63, 3.8) is 0 Å². The molecule has 0 radical (unpaired) electrons. The van der Waals surface area contributed by atoms with Crippen LogP contribution in [0, 0.1) is 0 Å². The summed E-state index contributed by atoms with van der Waals surface area (Å²) >= 11 is 1.13. The van der Waals surface area contributed by atoms with Gasteiger partial charge < -0.3 is 14.6 Å². The Morgan fingerprint density at radius 2 is 2.35 bits per heavy atom. The van der Waals surface area contributed by atoms with Gasteiger partial charge in [-0.05, 0) is 30.8 Å². The maximum atomic E-state index is 12.1. The fourth-order valence-corrected chi connectivity index (χ4v) is 3.05. The molecule has 2 aromatic rings. The van der Waals surface area contributed by atoms with Gasteiger partial charge in [0.2, 0.25) is 0 Å². The van der Waals surface area contributed by atoms with E-state index in [0.29, 0.717) is 29.6 Å². The van der Waals surface area contributed by atoms with Crippen molar-refractivity contribution in [2.75, 3.05) is 13.2 Å². The van der Waals surface area contributed by atoms with Crippen molar-refractivity contribution in [3.05, 3.63) is 22.3 Å². The Hall–Kier alpha value is -1.87. The average molecular weight is 337 g/mol. The summed E-state index contributed by atoms with van der Waals surface area (Å²) < 4.78 is 14.6. The molecule has 1 fully saturated rings. The highest BCUT2D eigenvalue weighted by molar-refractivity contribution is 7.08. The molecule has 0 bridgehead atoms. The van der Waals surface area contributed by atoms with E-state index in [-0.39, 0.29) is 12.0 Å². The highest BCUT2D eigenvalue weighted by Crippen LogP contribution is 2.26. The highest BCUT2D eigenvalue weighted by Gasteiger charge is 2.23. The molecule has 1 saturated heterocycles. The summed E-state index contributed by atoms with van der Waals surface area (Å²) in [5.74, 6) is 0.957. The van der Waals surface area contributed by atoms with Crippen LogP contribution in [0.1, 0.15) is 59.4 Å². The molecular formula is C14H19N5O3S. The first-order valence-electron chi connectivity index (χ1n) is 7.81. The summed E-state index contributed by atoms with van der Waals surface area (Å²) in [6, 6.07) is 0. The number of rotatable bonds is 7. The van der Waals surface area contributed by atoms with Gasteiger partial charge in [-0.25, -0.2) is 0 Å². The van der Waals surface area contributed by atoms with Crippen molar-refractivity contribution in [1.29, 1.82) is 0 Å². The zero-order valence-electron chi connectivity index (χ0n) is 12.9. The van der Waals surface area contributed by atoms with Gasteiger partial charge in [-0.15, -0.1) is 5.10 Å². The molecule has 0 aromatic carbocycles. The van der Waals surface area contributed by atoms with E-state index in [1.165, 1.54) is 0 Å². The quantitative estimate of drug-likeness (QED) is 0.820. The first kappa shape index (κ1) is 16.0. The third-order valence-corrected chi connectivity index (χ3v) is 4.34. The molecule has 0 spiro atoms. The third-order valence-electron chi connectivity index (χ3n) is 3.57. The van der Waals surface area contributed by atoms with Crippen LogP contribution in [-0.2, 0) is 17.6 Å². The molecular weight excluding hydrogens is 318 g/mol. The van der Waals surface area contributed by atoms with Gasteiger partial charge in [0.25, 0.3) is 11.8 Å². The predicted octanol–water partition coefficient (Wildman–Crippen LogP) is 1.70. The zero-order valence-corrected chi connectivity index (χ0v) is 13.8. The first-order valence-corrected chi connectivity index (χ1v) is 8.58. The van der Waals surface area contributed by atoms with Crippen LogP contribution < -0.4 is 5.32 Å². The number of aryl methyl sites for hydroxylation is 1. The van der Waals surface area contributed by atoms with Gasteiger partial charge in [-0.2, -0.15) is 4.98 Å². The number of ether oxygens (including phenoxy) is 1. The normalized spacial score (nSPS) is 17.5. The smallest absolute Gasteiger partial charge is 0.264 e. The van der Waals surface area contributed by atoms with Gasteiger partial charge in [-0.1, -0.05) is 23.0 Å². The number of aromatic nitrogens is 4. The van der Waals surface area contributed by atoms with Crippen molar-refractivity contribution in [3.8, 4) is 0 Å². The van der Waals surface area contributed by atoms with Crippen LogP contribution >= 0.6 is 11.5 Å². The number of nitrogens with zero attached hydrogens (tertiary/aromatic N) is 4. The monoisotopic (exact) mass is 337 g/mol. The van der Waals surface area contributed by atoms with Crippen LogP contribution in [-0.4, -0.2) is 38.8 Å². The minimum atomic E-state index is -0.147. The van der Waals surface area contributed by atoms with Crippen LogP contribution in [0.4, 0.5) is 0 Å². The Labute approximate surface area is 137 Å². The SMILES string of the molecule is CCCc1nnsc1C(=O)NCCc1noc(C2CCCO2)n1. The Morgan fingerprint density at radius 1 is 1.43 bits per heavy atom. The minimum absolute atomic E-state index is 0.0780. The second kappa shape index (κ2) is 7.60. The van der Waals surface area contributed by atoms with Gasteiger partial charge in [0.15, 0.2) is 5.82 Å². The van der Waals surface area contributed by atoms with Crippen molar-refractivity contribution in [1.82, 2.24) is 25.0 Å². The van der Waals surface area contributed by atoms with Crippen molar-refractivity contribution < 1.29 is 14.1 Å². The van der Waals surface area contributed by atoms with E-state index in [1.807, 2.05) is 6.92 Å². The molecule has 0 saturated carbocycles. The molecule has 9 heteroatoms. The number of nitrogens with one attached hydrogen (secondary N) is 1. The standard InChI is InChI=1S/C14H19N5O3S/c1-2-4-9-12(23-19-17-9)13(20)15-7-6-11-16-14(22-18-11)10-5-3-8-21-10/h10H,2-8H2,1H3,(H,15,20). The predicted molar refractivity (Wildman–Crippen MR) is 82.2 cm³/mol. The van der Waals surface area contributed by atoms with Crippen molar-refractivity contribution >= 4 is 17.4 Å². The van der Waals surface area contributed by atoms with E-state index in [9.17, 15) is 4.79 Å². The summed E-state index contributed by atoms with van der Waals surface area (Å²) in [6.07, 6.45) is 4.05. The minimum Gasteiger partial charge on any atom is -0.368 e. The van der Waals surface area contributed by atoms with E-state index >= 15 is 0 Å². The molecule has 3 rings (SSSR count). The van der Waals surface area contributed by atoms with Gasteiger partial charge in [-0.3, -0.25) is 4.79 Å². The van der Waals surface area contributed by atoms with Gasteiger partial charge in [0.05, 0.1) is 5.69 Å². The summed E-state index contributed by atoms with van der Waals surface area (Å²) in [6.45, 7) is 3.22. The second-order valence-electron chi connectivity index (χ2n) is 5.36. The Bertz CT molecular complexity index is 650. The van der Waals surface area contributed by atoms with Gasteiger partial charge >= 0.3 is 0 Å². The fourth-order valence-electron chi connectivity index (χ4n) is 2.42. The maximum absolute atomic E-state index is 12.1. The second-order valence-corrected chi connectivity index (χ2v) is 6.11. The Morgan fingerprint density at radius 3 is 3.13 bits per heavy atom. The lowest BCUT2D eigenvalue weighted by molar-refractivity contribution is 0.0835. The lowest BCUT2D eigenvalue weighted by Gasteiger charge is -2.02. The summed E-state index contributed by atoms with van der Waals surface area (Å²) in [5, 5.41) is 10.8. The molecule has 2 aromatic heterocycles. The van der Waals surface area contributed by atoms with E-state index < -0.39 is 0 Å². The van der Waals surface area contributed by atoms with Crippen LogP contribution in [0.3, 0.4) is 0 Å². The topological polar surface area (TPSA) is 103 Å². The first-order chi connectivity index (χ1) is 11.3. The number of hydrogen-bond donors (Lipinski definition) is 1. The van der Waals surface area contributed by atoms with Crippen LogP contribution in [0.5, 0.6) is 0 Å². The molecule has 23 heavy (non-hydrogen) atoms. The molecule has 1 aliphatic heterocycles. The van der Waals surface area contributed by atoms with Crippen molar-refractivity contribution in [2.45, 2.75) is 45.1 Å². The van der Waals surface area contributed by atoms with E-state index in [0.717, 1.165) is 49.5 Å². The molecule has 1 unspecified atom stereocenters. The van der Waals surface area contributed by atoms with Gasteiger partial charge in [0.1, 0.15) is 11.0 Å². The van der Waals surface area contributed by atoms with Crippen LogP contribution in [0.15, 0.2) is 4.52 Å². The van der Waals surface area contributed by atoms with Gasteiger partial charge in [0, 0.05) is 19.6 Å². The number of amides is 1. The largest absolute Gasteiger partial charge is 0.368 e. The van der Waals surface area contributed by atoms with E-state index in [1.54, 1.807) is 0 Å². The summed E-state index contributed by atoms with van der Waals surface area (Å²) in [5.41, 5.74) is 0.759. The Balaban J connectivity index is 1.49. The third kappa shape index (κ3) is 3.91.